The normalized spacial score (nSPS) is 22.0. The molecule has 0 radical (unpaired) electrons. The topological polar surface area (TPSA) is 28.2 Å². The van der Waals surface area contributed by atoms with Gasteiger partial charge in [0, 0.05) is 6.54 Å². The summed E-state index contributed by atoms with van der Waals surface area (Å²) in [5, 5.41) is 3.33. The SMILES string of the molecule is CNC(c1ccc(F)cn1)C(C)CN1CCC(C)(C)CC1. The minimum Gasteiger partial charge on any atom is -0.311 e. The van der Waals surface area contributed by atoms with E-state index in [1.54, 1.807) is 6.07 Å². The summed E-state index contributed by atoms with van der Waals surface area (Å²) < 4.78 is 13.0. The first-order valence-electron chi connectivity index (χ1n) is 7.92. The maximum atomic E-state index is 13.0. The summed E-state index contributed by atoms with van der Waals surface area (Å²) in [5.41, 5.74) is 1.41. The second-order valence-corrected chi connectivity index (χ2v) is 7.11. The van der Waals surface area contributed by atoms with Gasteiger partial charge in [-0.1, -0.05) is 20.8 Å². The fourth-order valence-electron chi connectivity index (χ4n) is 3.15. The third kappa shape index (κ3) is 4.48. The summed E-state index contributed by atoms with van der Waals surface area (Å²) in [6.07, 6.45) is 3.83. The Morgan fingerprint density at radius 1 is 1.33 bits per heavy atom. The molecule has 2 heterocycles. The highest BCUT2D eigenvalue weighted by molar-refractivity contribution is 5.11. The lowest BCUT2D eigenvalue weighted by molar-refractivity contribution is 0.112. The van der Waals surface area contributed by atoms with Gasteiger partial charge in [0.15, 0.2) is 0 Å². The molecule has 1 aromatic rings. The smallest absolute Gasteiger partial charge is 0.141 e. The van der Waals surface area contributed by atoms with Crippen molar-refractivity contribution < 1.29 is 4.39 Å². The number of halogens is 1. The quantitative estimate of drug-likeness (QED) is 0.903. The number of pyridine rings is 1. The van der Waals surface area contributed by atoms with E-state index >= 15 is 0 Å². The van der Waals surface area contributed by atoms with Crippen LogP contribution in [0.5, 0.6) is 0 Å². The standard InChI is InChI=1S/C17H28FN3/c1-13(12-21-9-7-17(2,3)8-10-21)16(19-4)15-6-5-14(18)11-20-15/h5-6,11,13,16,19H,7-10,12H2,1-4H3. The van der Waals surface area contributed by atoms with E-state index in [2.05, 4.69) is 36.0 Å². The maximum Gasteiger partial charge on any atom is 0.141 e. The van der Waals surface area contributed by atoms with Crippen LogP contribution in [-0.4, -0.2) is 36.6 Å². The summed E-state index contributed by atoms with van der Waals surface area (Å²) in [6.45, 7) is 10.3. The van der Waals surface area contributed by atoms with Crippen LogP contribution < -0.4 is 5.32 Å². The molecule has 2 atom stereocenters. The molecule has 4 heteroatoms. The Morgan fingerprint density at radius 2 is 2.00 bits per heavy atom. The summed E-state index contributed by atoms with van der Waals surface area (Å²) in [5.74, 6) is 0.161. The highest BCUT2D eigenvalue weighted by atomic mass is 19.1. The molecule has 1 N–H and O–H groups in total. The lowest BCUT2D eigenvalue weighted by Gasteiger charge is -2.39. The van der Waals surface area contributed by atoms with Crippen LogP contribution in [0.15, 0.2) is 18.3 Å². The minimum absolute atomic E-state index is 0.167. The van der Waals surface area contributed by atoms with Crippen LogP contribution in [0.25, 0.3) is 0 Å². The molecule has 1 aliphatic rings. The molecule has 1 aliphatic heterocycles. The molecular formula is C17H28FN3. The van der Waals surface area contributed by atoms with Gasteiger partial charge in [-0.2, -0.15) is 0 Å². The van der Waals surface area contributed by atoms with Crippen LogP contribution in [0.1, 0.15) is 45.3 Å². The van der Waals surface area contributed by atoms with E-state index in [0.717, 1.165) is 12.2 Å². The first kappa shape index (κ1) is 16.4. The second kappa shape index (κ2) is 6.84. The maximum absolute atomic E-state index is 13.0. The zero-order chi connectivity index (χ0) is 15.5. The van der Waals surface area contributed by atoms with E-state index in [-0.39, 0.29) is 11.9 Å². The van der Waals surface area contributed by atoms with E-state index in [0.29, 0.717) is 11.3 Å². The number of nitrogens with zero attached hydrogens (tertiary/aromatic N) is 2. The van der Waals surface area contributed by atoms with Crippen molar-refractivity contribution in [1.82, 2.24) is 15.2 Å². The van der Waals surface area contributed by atoms with Gasteiger partial charge in [-0.05, 0) is 56.4 Å². The van der Waals surface area contributed by atoms with Crippen molar-refractivity contribution in [2.75, 3.05) is 26.7 Å². The molecule has 0 aromatic carbocycles. The molecule has 0 aliphatic carbocycles. The Labute approximate surface area is 127 Å². The Hall–Kier alpha value is -1.00. The Balaban J connectivity index is 1.94. The predicted octanol–water partition coefficient (Wildman–Crippen LogP) is 3.24. The van der Waals surface area contributed by atoms with Crippen molar-refractivity contribution in [2.24, 2.45) is 11.3 Å². The van der Waals surface area contributed by atoms with E-state index in [9.17, 15) is 4.39 Å². The molecular weight excluding hydrogens is 265 g/mol. The van der Waals surface area contributed by atoms with Crippen LogP contribution in [-0.2, 0) is 0 Å². The first-order valence-corrected chi connectivity index (χ1v) is 7.92. The van der Waals surface area contributed by atoms with Crippen molar-refractivity contribution >= 4 is 0 Å². The molecule has 1 fully saturated rings. The van der Waals surface area contributed by atoms with E-state index in [4.69, 9.17) is 0 Å². The summed E-state index contributed by atoms with van der Waals surface area (Å²) in [7, 11) is 1.95. The van der Waals surface area contributed by atoms with Crippen LogP contribution in [0.2, 0.25) is 0 Å². The molecule has 21 heavy (non-hydrogen) atoms. The number of nitrogens with one attached hydrogen (secondary N) is 1. The summed E-state index contributed by atoms with van der Waals surface area (Å²) in [6, 6.07) is 3.44. The fourth-order valence-corrected chi connectivity index (χ4v) is 3.15. The van der Waals surface area contributed by atoms with Crippen LogP contribution in [0.3, 0.4) is 0 Å². The Kier molecular flexibility index (Phi) is 5.33. The number of rotatable bonds is 5. The van der Waals surface area contributed by atoms with E-state index in [1.807, 2.05) is 7.05 Å². The monoisotopic (exact) mass is 293 g/mol. The summed E-state index contributed by atoms with van der Waals surface area (Å²) >= 11 is 0. The van der Waals surface area contributed by atoms with Gasteiger partial charge >= 0.3 is 0 Å². The molecule has 0 saturated carbocycles. The largest absolute Gasteiger partial charge is 0.311 e. The predicted molar refractivity (Wildman–Crippen MR) is 84.6 cm³/mol. The zero-order valence-electron chi connectivity index (χ0n) is 13.7. The molecule has 3 nitrogen and oxygen atoms in total. The number of hydrogen-bond acceptors (Lipinski definition) is 3. The van der Waals surface area contributed by atoms with Crippen LogP contribution >= 0.6 is 0 Å². The average Bonchev–Trinajstić information content (AvgIpc) is 2.44. The first-order chi connectivity index (χ1) is 9.91. The van der Waals surface area contributed by atoms with Crippen molar-refractivity contribution in [3.63, 3.8) is 0 Å². The average molecular weight is 293 g/mol. The molecule has 0 spiro atoms. The lowest BCUT2D eigenvalue weighted by Crippen LogP contribution is -2.41. The van der Waals surface area contributed by atoms with Gasteiger partial charge in [0.2, 0.25) is 0 Å². The molecule has 2 rings (SSSR count). The van der Waals surface area contributed by atoms with Gasteiger partial charge in [0.05, 0.1) is 17.9 Å². The van der Waals surface area contributed by atoms with E-state index in [1.165, 1.54) is 38.2 Å². The summed E-state index contributed by atoms with van der Waals surface area (Å²) in [4.78, 5) is 6.78. The molecule has 0 amide bonds. The minimum atomic E-state index is -0.278. The number of aromatic nitrogens is 1. The highest BCUT2D eigenvalue weighted by Gasteiger charge is 2.28. The van der Waals surface area contributed by atoms with Crippen molar-refractivity contribution in [3.8, 4) is 0 Å². The number of hydrogen-bond donors (Lipinski definition) is 1. The molecule has 1 aromatic heterocycles. The molecule has 1 saturated heterocycles. The molecule has 0 bridgehead atoms. The van der Waals surface area contributed by atoms with Gasteiger partial charge in [-0.25, -0.2) is 4.39 Å². The van der Waals surface area contributed by atoms with Crippen LogP contribution in [0.4, 0.5) is 4.39 Å². The second-order valence-electron chi connectivity index (χ2n) is 7.11. The molecule has 2 unspecified atom stereocenters. The van der Waals surface area contributed by atoms with Gasteiger partial charge in [-0.15, -0.1) is 0 Å². The van der Waals surface area contributed by atoms with Gasteiger partial charge in [0.25, 0.3) is 0 Å². The zero-order valence-corrected chi connectivity index (χ0v) is 13.7. The molecule has 118 valence electrons. The Bertz CT molecular complexity index is 434. The lowest BCUT2D eigenvalue weighted by atomic mass is 9.82. The van der Waals surface area contributed by atoms with Gasteiger partial charge < -0.3 is 10.2 Å². The van der Waals surface area contributed by atoms with Crippen molar-refractivity contribution in [1.29, 1.82) is 0 Å². The van der Waals surface area contributed by atoms with E-state index < -0.39 is 0 Å². The van der Waals surface area contributed by atoms with Crippen LogP contribution in [0, 0.1) is 17.2 Å². The van der Waals surface area contributed by atoms with Gasteiger partial charge in [0.1, 0.15) is 5.82 Å². The highest BCUT2D eigenvalue weighted by Crippen LogP contribution is 2.31. The Morgan fingerprint density at radius 3 is 2.52 bits per heavy atom. The number of piperidine rings is 1. The van der Waals surface area contributed by atoms with Gasteiger partial charge in [-0.3, -0.25) is 4.98 Å². The number of likely N-dealkylation sites (tertiary alicyclic amines) is 1. The third-order valence-electron chi connectivity index (χ3n) is 4.70. The third-order valence-corrected chi connectivity index (χ3v) is 4.70. The van der Waals surface area contributed by atoms with Crippen molar-refractivity contribution in [2.45, 2.75) is 39.7 Å². The van der Waals surface area contributed by atoms with Crippen molar-refractivity contribution in [3.05, 3.63) is 29.8 Å². The fraction of sp³-hybridized carbons (Fsp3) is 0.706.